The first kappa shape index (κ1) is 11.9. The summed E-state index contributed by atoms with van der Waals surface area (Å²) >= 11 is 0. The lowest BCUT2D eigenvalue weighted by atomic mass is 10.1. The molecule has 0 aromatic carbocycles. The quantitative estimate of drug-likeness (QED) is 0.566. The van der Waals surface area contributed by atoms with Gasteiger partial charge in [-0.1, -0.05) is 32.6 Å². The third kappa shape index (κ3) is 4.91. The zero-order chi connectivity index (χ0) is 10.2. The van der Waals surface area contributed by atoms with E-state index in [1.807, 2.05) is 0 Å². The highest BCUT2D eigenvalue weighted by molar-refractivity contribution is 4.59. The van der Waals surface area contributed by atoms with Gasteiger partial charge >= 0.3 is 0 Å². The van der Waals surface area contributed by atoms with Crippen LogP contribution in [0.4, 0.5) is 4.39 Å². The first-order chi connectivity index (χ1) is 6.83. The molecule has 1 fully saturated rings. The summed E-state index contributed by atoms with van der Waals surface area (Å²) in [6, 6.07) is 0. The molecule has 0 aromatic rings. The number of hydrogen-bond donors (Lipinski definition) is 0. The first-order valence-corrected chi connectivity index (χ1v) is 5.70. The molecule has 3 heteroatoms. The van der Waals surface area contributed by atoms with Gasteiger partial charge in [0.05, 0.1) is 13.2 Å². The fourth-order valence-electron chi connectivity index (χ4n) is 1.43. The van der Waals surface area contributed by atoms with E-state index < -0.39 is 6.17 Å². The monoisotopic (exact) mass is 204 g/mol. The molecule has 0 radical (unpaired) electrons. The minimum absolute atomic E-state index is 0.121. The van der Waals surface area contributed by atoms with Crippen LogP contribution in [0.15, 0.2) is 0 Å². The molecule has 1 aliphatic rings. The van der Waals surface area contributed by atoms with E-state index in [9.17, 15) is 4.39 Å². The van der Waals surface area contributed by atoms with Crippen molar-refractivity contribution in [3.63, 3.8) is 0 Å². The second kappa shape index (κ2) is 7.18. The van der Waals surface area contributed by atoms with Crippen LogP contribution in [0.1, 0.15) is 45.4 Å². The zero-order valence-corrected chi connectivity index (χ0v) is 9.01. The molecule has 0 aliphatic carbocycles. The molecule has 0 spiro atoms. The Bertz CT molecular complexity index is 137. The molecule has 0 bridgehead atoms. The van der Waals surface area contributed by atoms with Crippen molar-refractivity contribution in [2.24, 2.45) is 0 Å². The summed E-state index contributed by atoms with van der Waals surface area (Å²) in [6.45, 7) is 3.12. The maximum absolute atomic E-state index is 13.2. The van der Waals surface area contributed by atoms with E-state index in [2.05, 4.69) is 6.92 Å². The summed E-state index contributed by atoms with van der Waals surface area (Å²) in [7, 11) is 0. The normalized spacial score (nSPS) is 23.1. The second-order valence-corrected chi connectivity index (χ2v) is 3.87. The molecule has 2 unspecified atom stereocenters. The van der Waals surface area contributed by atoms with Crippen LogP contribution in [-0.4, -0.2) is 25.7 Å². The Kier molecular flexibility index (Phi) is 6.12. The molecule has 2 nitrogen and oxygen atoms in total. The van der Waals surface area contributed by atoms with E-state index in [4.69, 9.17) is 9.47 Å². The van der Waals surface area contributed by atoms with E-state index in [0.717, 1.165) is 25.9 Å². The molecular formula is C11H21FO2. The summed E-state index contributed by atoms with van der Waals surface area (Å²) in [5, 5.41) is 0. The fourth-order valence-corrected chi connectivity index (χ4v) is 1.43. The van der Waals surface area contributed by atoms with E-state index >= 15 is 0 Å². The van der Waals surface area contributed by atoms with Gasteiger partial charge in [0, 0.05) is 6.42 Å². The summed E-state index contributed by atoms with van der Waals surface area (Å²) in [6.07, 6.45) is 5.14. The van der Waals surface area contributed by atoms with Crippen molar-refractivity contribution in [3.8, 4) is 0 Å². The number of ether oxygens (including phenoxy) is 2. The van der Waals surface area contributed by atoms with Gasteiger partial charge in [-0.3, -0.25) is 0 Å². The fraction of sp³-hybridized carbons (Fsp3) is 1.00. The van der Waals surface area contributed by atoms with Crippen LogP contribution in [-0.2, 0) is 9.47 Å². The third-order valence-electron chi connectivity index (χ3n) is 2.49. The van der Waals surface area contributed by atoms with Gasteiger partial charge in [0.15, 0.2) is 6.29 Å². The SMILES string of the molecule is CCCCCCC(F)COC1CCO1. The Balaban J connectivity index is 1.84. The van der Waals surface area contributed by atoms with E-state index in [-0.39, 0.29) is 12.9 Å². The van der Waals surface area contributed by atoms with E-state index in [1.165, 1.54) is 12.8 Å². The zero-order valence-electron chi connectivity index (χ0n) is 9.01. The molecule has 1 saturated heterocycles. The Morgan fingerprint density at radius 1 is 1.43 bits per heavy atom. The number of unbranched alkanes of at least 4 members (excludes halogenated alkanes) is 3. The molecule has 1 rings (SSSR count). The molecule has 0 aromatic heterocycles. The Hall–Kier alpha value is -0.150. The average Bonchev–Trinajstić information content (AvgIpc) is 2.10. The van der Waals surface area contributed by atoms with Gasteiger partial charge in [-0.15, -0.1) is 0 Å². The highest BCUT2D eigenvalue weighted by Gasteiger charge is 2.20. The molecule has 14 heavy (non-hydrogen) atoms. The van der Waals surface area contributed by atoms with Crippen molar-refractivity contribution in [2.45, 2.75) is 57.9 Å². The first-order valence-electron chi connectivity index (χ1n) is 5.70. The number of rotatable bonds is 8. The predicted molar refractivity (Wildman–Crippen MR) is 54.0 cm³/mol. The van der Waals surface area contributed by atoms with Crippen molar-refractivity contribution >= 4 is 0 Å². The standard InChI is InChI=1S/C11H21FO2/c1-2-3-4-5-6-10(12)9-14-11-7-8-13-11/h10-11H,2-9H2,1H3. The Morgan fingerprint density at radius 3 is 2.79 bits per heavy atom. The van der Waals surface area contributed by atoms with Crippen LogP contribution in [0.2, 0.25) is 0 Å². The van der Waals surface area contributed by atoms with Crippen LogP contribution < -0.4 is 0 Å². The van der Waals surface area contributed by atoms with Gasteiger partial charge < -0.3 is 9.47 Å². The summed E-state index contributed by atoms with van der Waals surface area (Å²) in [5.74, 6) is 0. The molecule has 0 N–H and O–H groups in total. The molecule has 1 heterocycles. The maximum atomic E-state index is 13.2. The lowest BCUT2D eigenvalue weighted by molar-refractivity contribution is -0.220. The highest BCUT2D eigenvalue weighted by Crippen LogP contribution is 2.14. The number of hydrogen-bond acceptors (Lipinski definition) is 2. The smallest absolute Gasteiger partial charge is 0.159 e. The molecule has 84 valence electrons. The van der Waals surface area contributed by atoms with Crippen LogP contribution in [0.5, 0.6) is 0 Å². The highest BCUT2D eigenvalue weighted by atomic mass is 19.1. The van der Waals surface area contributed by atoms with Crippen molar-refractivity contribution in [3.05, 3.63) is 0 Å². The molecule has 2 atom stereocenters. The molecule has 0 amide bonds. The van der Waals surface area contributed by atoms with Gasteiger partial charge in [0.25, 0.3) is 0 Å². The number of halogens is 1. The molecule has 0 saturated carbocycles. The topological polar surface area (TPSA) is 18.5 Å². The summed E-state index contributed by atoms with van der Waals surface area (Å²) < 4.78 is 23.4. The average molecular weight is 204 g/mol. The lowest BCUT2D eigenvalue weighted by Gasteiger charge is -2.26. The van der Waals surface area contributed by atoms with Crippen molar-refractivity contribution in [1.29, 1.82) is 0 Å². The molecular weight excluding hydrogens is 183 g/mol. The van der Waals surface area contributed by atoms with E-state index in [0.29, 0.717) is 6.42 Å². The largest absolute Gasteiger partial charge is 0.352 e. The van der Waals surface area contributed by atoms with Crippen LogP contribution in [0, 0.1) is 0 Å². The predicted octanol–water partition coefficient (Wildman–Crippen LogP) is 3.06. The third-order valence-corrected chi connectivity index (χ3v) is 2.49. The number of alkyl halides is 1. The van der Waals surface area contributed by atoms with Crippen molar-refractivity contribution in [1.82, 2.24) is 0 Å². The minimum atomic E-state index is -0.809. The van der Waals surface area contributed by atoms with Crippen LogP contribution in [0.25, 0.3) is 0 Å². The van der Waals surface area contributed by atoms with Gasteiger partial charge in [0.2, 0.25) is 0 Å². The summed E-state index contributed by atoms with van der Waals surface area (Å²) in [4.78, 5) is 0. The van der Waals surface area contributed by atoms with Gasteiger partial charge in [-0.05, 0) is 6.42 Å². The Labute approximate surface area is 85.8 Å². The summed E-state index contributed by atoms with van der Waals surface area (Å²) in [5.41, 5.74) is 0. The van der Waals surface area contributed by atoms with Crippen molar-refractivity contribution < 1.29 is 13.9 Å². The van der Waals surface area contributed by atoms with Crippen molar-refractivity contribution in [2.75, 3.05) is 13.2 Å². The minimum Gasteiger partial charge on any atom is -0.352 e. The van der Waals surface area contributed by atoms with Gasteiger partial charge in [-0.2, -0.15) is 0 Å². The van der Waals surface area contributed by atoms with Gasteiger partial charge in [-0.25, -0.2) is 4.39 Å². The van der Waals surface area contributed by atoms with Crippen LogP contribution in [0.3, 0.4) is 0 Å². The lowest BCUT2D eigenvalue weighted by Crippen LogP contribution is -2.31. The second-order valence-electron chi connectivity index (χ2n) is 3.87. The van der Waals surface area contributed by atoms with Crippen LogP contribution >= 0.6 is 0 Å². The molecule has 1 aliphatic heterocycles. The van der Waals surface area contributed by atoms with Gasteiger partial charge in [0.1, 0.15) is 6.17 Å². The maximum Gasteiger partial charge on any atom is 0.159 e. The Morgan fingerprint density at radius 2 is 2.21 bits per heavy atom. The van der Waals surface area contributed by atoms with E-state index in [1.54, 1.807) is 0 Å².